The van der Waals surface area contributed by atoms with E-state index in [0.29, 0.717) is 5.56 Å². The third kappa shape index (κ3) is 4.09. The summed E-state index contributed by atoms with van der Waals surface area (Å²) in [6.07, 6.45) is 1.79. The predicted molar refractivity (Wildman–Crippen MR) is 71.1 cm³/mol. The van der Waals surface area contributed by atoms with Gasteiger partial charge in [0.05, 0.1) is 4.90 Å². The molecule has 0 spiro atoms. The maximum Gasteiger partial charge on any atom is 0.240 e. The molecule has 0 bridgehead atoms. The van der Waals surface area contributed by atoms with Crippen molar-refractivity contribution in [2.75, 3.05) is 6.54 Å². The Labute approximate surface area is 108 Å². The lowest BCUT2D eigenvalue weighted by atomic mass is 10.2. The van der Waals surface area contributed by atoms with Crippen LogP contribution >= 0.6 is 0 Å². The number of hydrogen-bond acceptors (Lipinski definition) is 3. The van der Waals surface area contributed by atoms with E-state index in [2.05, 4.69) is 4.72 Å². The van der Waals surface area contributed by atoms with Gasteiger partial charge in [-0.1, -0.05) is 23.8 Å². The summed E-state index contributed by atoms with van der Waals surface area (Å²) in [6, 6.07) is 5.89. The third-order valence-electron chi connectivity index (χ3n) is 2.35. The number of nitrogens with one attached hydrogen (secondary N) is 1. The Morgan fingerprint density at radius 2 is 1.72 bits per heavy atom. The molecule has 0 aliphatic heterocycles. The van der Waals surface area contributed by atoms with Gasteiger partial charge in [-0.3, -0.25) is 4.79 Å². The second kappa shape index (κ2) is 5.93. The molecule has 1 aromatic rings. The highest BCUT2D eigenvalue weighted by atomic mass is 32.2. The van der Waals surface area contributed by atoms with Crippen LogP contribution in [0.1, 0.15) is 31.1 Å². The van der Waals surface area contributed by atoms with Crippen molar-refractivity contribution in [3.63, 3.8) is 0 Å². The average molecular weight is 267 g/mol. The van der Waals surface area contributed by atoms with Crippen LogP contribution in [0, 0.1) is 0 Å². The van der Waals surface area contributed by atoms with Crippen molar-refractivity contribution >= 4 is 15.8 Å². The van der Waals surface area contributed by atoms with Crippen molar-refractivity contribution in [1.29, 1.82) is 0 Å². The monoisotopic (exact) mass is 267 g/mol. The zero-order valence-electron chi connectivity index (χ0n) is 10.7. The van der Waals surface area contributed by atoms with Gasteiger partial charge in [-0.25, -0.2) is 13.1 Å². The first-order valence-electron chi connectivity index (χ1n) is 5.57. The van der Waals surface area contributed by atoms with E-state index >= 15 is 0 Å². The van der Waals surface area contributed by atoms with Crippen molar-refractivity contribution in [2.24, 2.45) is 0 Å². The Hall–Kier alpha value is -1.46. The molecule has 0 fully saturated rings. The molecule has 0 atom stereocenters. The number of sulfonamides is 1. The van der Waals surface area contributed by atoms with E-state index in [9.17, 15) is 13.2 Å². The van der Waals surface area contributed by atoms with E-state index < -0.39 is 10.0 Å². The first-order valence-corrected chi connectivity index (χ1v) is 7.05. The van der Waals surface area contributed by atoms with Crippen molar-refractivity contribution < 1.29 is 13.2 Å². The molecule has 1 N–H and O–H groups in total. The van der Waals surface area contributed by atoms with Crippen molar-refractivity contribution in [3.05, 3.63) is 41.5 Å². The number of carbonyl (C=O) groups is 1. The number of ketones is 1. The summed E-state index contributed by atoms with van der Waals surface area (Å²) in [6.45, 7) is 5.50. The number of benzene rings is 1. The SMILES string of the molecule is CC(=O)c1ccc(S(=O)(=O)NCC=C(C)C)cc1. The van der Waals surface area contributed by atoms with Crippen LogP contribution in [0.4, 0.5) is 0 Å². The van der Waals surface area contributed by atoms with Gasteiger partial charge >= 0.3 is 0 Å². The summed E-state index contributed by atoms with van der Waals surface area (Å²) in [5, 5.41) is 0. The van der Waals surface area contributed by atoms with Gasteiger partial charge in [0, 0.05) is 12.1 Å². The van der Waals surface area contributed by atoms with Gasteiger partial charge in [0.25, 0.3) is 0 Å². The first kappa shape index (κ1) is 14.6. The molecule has 0 heterocycles. The number of hydrogen-bond donors (Lipinski definition) is 1. The fraction of sp³-hybridized carbons (Fsp3) is 0.308. The molecule has 0 unspecified atom stereocenters. The Morgan fingerprint density at radius 3 is 2.17 bits per heavy atom. The second-order valence-electron chi connectivity index (χ2n) is 4.21. The first-order chi connectivity index (χ1) is 8.33. The molecule has 0 amide bonds. The predicted octanol–water partition coefficient (Wildman–Crippen LogP) is 2.13. The fourth-order valence-electron chi connectivity index (χ4n) is 1.31. The van der Waals surface area contributed by atoms with Crippen molar-refractivity contribution in [2.45, 2.75) is 25.7 Å². The van der Waals surface area contributed by atoms with E-state index in [4.69, 9.17) is 0 Å². The molecule has 0 radical (unpaired) electrons. The number of allylic oxidation sites excluding steroid dienone is 1. The summed E-state index contributed by atoms with van der Waals surface area (Å²) in [4.78, 5) is 11.2. The summed E-state index contributed by atoms with van der Waals surface area (Å²) >= 11 is 0. The highest BCUT2D eigenvalue weighted by Crippen LogP contribution is 2.10. The summed E-state index contributed by atoms with van der Waals surface area (Å²) < 4.78 is 26.2. The van der Waals surface area contributed by atoms with Crippen LogP contribution < -0.4 is 4.72 Å². The minimum Gasteiger partial charge on any atom is -0.295 e. The van der Waals surface area contributed by atoms with Crippen LogP contribution in [0.15, 0.2) is 40.8 Å². The van der Waals surface area contributed by atoms with Gasteiger partial charge in [-0.05, 0) is 32.9 Å². The highest BCUT2D eigenvalue weighted by Gasteiger charge is 2.12. The maximum absolute atomic E-state index is 11.9. The molecule has 0 saturated heterocycles. The maximum atomic E-state index is 11.9. The third-order valence-corrected chi connectivity index (χ3v) is 3.79. The van der Waals surface area contributed by atoms with E-state index in [1.807, 2.05) is 13.8 Å². The summed E-state index contributed by atoms with van der Waals surface area (Å²) in [7, 11) is -3.50. The van der Waals surface area contributed by atoms with Crippen LogP contribution in [0.25, 0.3) is 0 Å². The van der Waals surface area contributed by atoms with Gasteiger partial charge in [-0.15, -0.1) is 0 Å². The number of rotatable bonds is 5. The lowest BCUT2D eigenvalue weighted by Crippen LogP contribution is -2.23. The normalized spacial score (nSPS) is 11.1. The molecule has 0 aliphatic carbocycles. The molecule has 5 heteroatoms. The van der Waals surface area contributed by atoms with Crippen LogP contribution in [0.3, 0.4) is 0 Å². The molecular weight excluding hydrogens is 250 g/mol. The summed E-state index contributed by atoms with van der Waals surface area (Å²) in [5.74, 6) is -0.0866. The van der Waals surface area contributed by atoms with Gasteiger partial charge in [0.1, 0.15) is 0 Å². The van der Waals surface area contributed by atoms with Crippen LogP contribution in [0.5, 0.6) is 0 Å². The average Bonchev–Trinajstić information content (AvgIpc) is 2.28. The molecule has 4 nitrogen and oxygen atoms in total. The van der Waals surface area contributed by atoms with Crippen molar-refractivity contribution in [3.8, 4) is 0 Å². The minimum absolute atomic E-state index is 0.0866. The Bertz CT molecular complexity index is 552. The lowest BCUT2D eigenvalue weighted by molar-refractivity contribution is 0.101. The molecule has 18 heavy (non-hydrogen) atoms. The van der Waals surface area contributed by atoms with Crippen LogP contribution in [-0.4, -0.2) is 20.7 Å². The Kier molecular flexibility index (Phi) is 4.81. The zero-order valence-corrected chi connectivity index (χ0v) is 11.5. The quantitative estimate of drug-likeness (QED) is 0.656. The second-order valence-corrected chi connectivity index (χ2v) is 5.98. The van der Waals surface area contributed by atoms with E-state index in [1.54, 1.807) is 6.08 Å². The molecule has 1 aromatic carbocycles. The molecule has 0 aliphatic rings. The van der Waals surface area contributed by atoms with E-state index in [0.717, 1.165) is 5.57 Å². The lowest BCUT2D eigenvalue weighted by Gasteiger charge is -2.05. The van der Waals surface area contributed by atoms with E-state index in [-0.39, 0.29) is 17.2 Å². The fourth-order valence-corrected chi connectivity index (χ4v) is 2.27. The van der Waals surface area contributed by atoms with Crippen LogP contribution in [0.2, 0.25) is 0 Å². The van der Waals surface area contributed by atoms with Gasteiger partial charge in [0.15, 0.2) is 5.78 Å². The summed E-state index contributed by atoms with van der Waals surface area (Å²) in [5.41, 5.74) is 1.54. The van der Waals surface area contributed by atoms with Gasteiger partial charge < -0.3 is 0 Å². The largest absolute Gasteiger partial charge is 0.295 e. The van der Waals surface area contributed by atoms with E-state index in [1.165, 1.54) is 31.2 Å². The van der Waals surface area contributed by atoms with Crippen LogP contribution in [-0.2, 0) is 10.0 Å². The zero-order chi connectivity index (χ0) is 13.8. The number of Topliss-reactive ketones (excluding diaryl/α,β-unsaturated/α-hetero) is 1. The van der Waals surface area contributed by atoms with Gasteiger partial charge in [-0.2, -0.15) is 0 Å². The Morgan fingerprint density at radius 1 is 1.17 bits per heavy atom. The molecule has 0 saturated carbocycles. The standard InChI is InChI=1S/C13H17NO3S/c1-10(2)8-9-14-18(16,17)13-6-4-12(5-7-13)11(3)15/h4-8,14H,9H2,1-3H3. The minimum atomic E-state index is -3.50. The molecule has 98 valence electrons. The Balaban J connectivity index is 2.85. The molecule has 1 rings (SSSR count). The molecule has 0 aromatic heterocycles. The topological polar surface area (TPSA) is 63.2 Å². The highest BCUT2D eigenvalue weighted by molar-refractivity contribution is 7.89. The van der Waals surface area contributed by atoms with Crippen molar-refractivity contribution in [1.82, 2.24) is 4.72 Å². The molecular formula is C13H17NO3S. The number of carbonyl (C=O) groups excluding carboxylic acids is 1. The smallest absolute Gasteiger partial charge is 0.240 e. The van der Waals surface area contributed by atoms with Gasteiger partial charge in [0.2, 0.25) is 10.0 Å².